The molecule has 1 amide bonds. The molecule has 1 fully saturated rings. The highest BCUT2D eigenvalue weighted by Crippen LogP contribution is 2.21. The van der Waals surface area contributed by atoms with Crippen LogP contribution < -0.4 is 5.32 Å². The summed E-state index contributed by atoms with van der Waals surface area (Å²) in [6.45, 7) is 3.61. The number of aryl methyl sites for hydroxylation is 1. The monoisotopic (exact) mass is 349 g/mol. The van der Waals surface area contributed by atoms with E-state index < -0.39 is 0 Å². The summed E-state index contributed by atoms with van der Waals surface area (Å²) < 4.78 is 1.70. The molecule has 6 nitrogen and oxygen atoms in total. The molecule has 1 saturated heterocycles. The van der Waals surface area contributed by atoms with E-state index in [-0.39, 0.29) is 11.9 Å². The molecule has 6 heteroatoms. The van der Waals surface area contributed by atoms with E-state index in [2.05, 4.69) is 32.4 Å². The maximum absolute atomic E-state index is 12.9. The molecule has 1 N–H and O–H groups in total. The Morgan fingerprint density at radius 2 is 2.04 bits per heavy atom. The number of aromatic nitrogens is 3. The fraction of sp³-hybridized carbons (Fsp3) is 0.350. The van der Waals surface area contributed by atoms with Crippen molar-refractivity contribution in [2.75, 3.05) is 11.9 Å². The van der Waals surface area contributed by atoms with Gasteiger partial charge in [-0.2, -0.15) is 5.10 Å². The van der Waals surface area contributed by atoms with Crippen LogP contribution in [-0.4, -0.2) is 38.0 Å². The van der Waals surface area contributed by atoms with Crippen LogP contribution in [0.2, 0.25) is 0 Å². The van der Waals surface area contributed by atoms with Crippen LogP contribution in [0, 0.1) is 6.92 Å². The maximum Gasteiger partial charge on any atom is 0.241 e. The topological polar surface area (TPSA) is 62.5 Å². The van der Waals surface area contributed by atoms with Gasteiger partial charge >= 0.3 is 0 Å². The van der Waals surface area contributed by atoms with Crippen molar-refractivity contribution < 1.29 is 4.79 Å². The highest BCUT2D eigenvalue weighted by molar-refractivity contribution is 5.94. The number of benzene rings is 1. The molecule has 0 radical (unpaired) electrons. The molecule has 1 atom stereocenters. The summed E-state index contributed by atoms with van der Waals surface area (Å²) in [5, 5.41) is 7.37. The third-order valence-electron chi connectivity index (χ3n) is 4.85. The zero-order chi connectivity index (χ0) is 17.9. The van der Waals surface area contributed by atoms with Crippen LogP contribution in [0.1, 0.15) is 30.7 Å². The normalized spacial score (nSPS) is 18.1. The first-order valence-corrected chi connectivity index (χ1v) is 9.11. The highest BCUT2D eigenvalue weighted by Gasteiger charge is 2.28. The van der Waals surface area contributed by atoms with E-state index in [1.807, 2.05) is 43.5 Å². The number of amides is 1. The van der Waals surface area contributed by atoms with Crippen LogP contribution in [-0.2, 0) is 11.3 Å². The van der Waals surface area contributed by atoms with Gasteiger partial charge in [0.1, 0.15) is 5.82 Å². The Kier molecular flexibility index (Phi) is 4.67. The number of anilines is 1. The molecule has 26 heavy (non-hydrogen) atoms. The molecular formula is C20H23N5O. The number of carbonyl (C=O) groups excluding carboxylic acids is 1. The molecule has 0 aliphatic carbocycles. The average Bonchev–Trinajstić information content (AvgIpc) is 3.02. The fourth-order valence-electron chi connectivity index (χ4n) is 3.59. The van der Waals surface area contributed by atoms with E-state index in [1.165, 1.54) is 5.56 Å². The first kappa shape index (κ1) is 16.7. The highest BCUT2D eigenvalue weighted by atomic mass is 16.2. The number of hydrogen-bond acceptors (Lipinski definition) is 4. The Bertz CT molecular complexity index is 905. The van der Waals surface area contributed by atoms with Gasteiger partial charge in [0.05, 0.1) is 17.9 Å². The standard InChI is InChI=1S/C20H23N5O/c1-15-21-19-11-10-17(14-25(19)23-15)22-20(26)18-9-5-6-12-24(18)13-16-7-3-2-4-8-16/h2-4,7-8,10-11,14,18H,5-6,9,12-13H2,1H3,(H,22,26). The molecule has 0 spiro atoms. The van der Waals surface area contributed by atoms with Gasteiger partial charge in [0.15, 0.2) is 5.65 Å². The lowest BCUT2D eigenvalue weighted by molar-refractivity contribution is -0.122. The van der Waals surface area contributed by atoms with Crippen LogP contribution in [0.3, 0.4) is 0 Å². The second-order valence-electron chi connectivity index (χ2n) is 6.84. The van der Waals surface area contributed by atoms with Gasteiger partial charge in [-0.05, 0) is 44.0 Å². The van der Waals surface area contributed by atoms with Gasteiger partial charge in [-0.15, -0.1) is 0 Å². The van der Waals surface area contributed by atoms with E-state index in [0.29, 0.717) is 0 Å². The van der Waals surface area contributed by atoms with Crippen LogP contribution in [0.15, 0.2) is 48.7 Å². The Labute approximate surface area is 152 Å². The zero-order valence-electron chi connectivity index (χ0n) is 14.9. The van der Waals surface area contributed by atoms with Crippen LogP contribution in [0.25, 0.3) is 5.65 Å². The van der Waals surface area contributed by atoms with Crippen molar-refractivity contribution in [3.8, 4) is 0 Å². The minimum Gasteiger partial charge on any atom is -0.323 e. The SMILES string of the molecule is Cc1nc2ccc(NC(=O)C3CCCCN3Cc3ccccc3)cn2n1. The lowest BCUT2D eigenvalue weighted by atomic mass is 10.0. The summed E-state index contributed by atoms with van der Waals surface area (Å²) in [5.41, 5.74) is 2.77. The van der Waals surface area contributed by atoms with Gasteiger partial charge in [0, 0.05) is 6.54 Å². The minimum absolute atomic E-state index is 0.0526. The van der Waals surface area contributed by atoms with Gasteiger partial charge in [-0.25, -0.2) is 9.50 Å². The third-order valence-corrected chi connectivity index (χ3v) is 4.85. The molecule has 134 valence electrons. The summed E-state index contributed by atoms with van der Waals surface area (Å²) >= 11 is 0. The number of nitrogens with one attached hydrogen (secondary N) is 1. The van der Waals surface area contributed by atoms with Crippen molar-refractivity contribution in [2.45, 2.75) is 38.8 Å². The molecular weight excluding hydrogens is 326 g/mol. The summed E-state index contributed by atoms with van der Waals surface area (Å²) in [7, 11) is 0. The third kappa shape index (κ3) is 3.60. The summed E-state index contributed by atoms with van der Waals surface area (Å²) in [6, 6.07) is 14.0. The van der Waals surface area contributed by atoms with Crippen LogP contribution in [0.5, 0.6) is 0 Å². The largest absolute Gasteiger partial charge is 0.323 e. The average molecular weight is 349 g/mol. The first-order chi connectivity index (χ1) is 12.7. The molecule has 1 aliphatic rings. The molecule has 4 rings (SSSR count). The van der Waals surface area contributed by atoms with E-state index in [4.69, 9.17) is 0 Å². The fourth-order valence-corrected chi connectivity index (χ4v) is 3.59. The first-order valence-electron chi connectivity index (χ1n) is 9.11. The Morgan fingerprint density at radius 3 is 2.88 bits per heavy atom. The number of carbonyl (C=O) groups is 1. The van der Waals surface area contributed by atoms with Gasteiger partial charge in [0.25, 0.3) is 0 Å². The molecule has 3 heterocycles. The number of rotatable bonds is 4. The number of hydrogen-bond donors (Lipinski definition) is 1. The lowest BCUT2D eigenvalue weighted by Crippen LogP contribution is -2.46. The predicted octanol–water partition coefficient (Wildman–Crippen LogP) is 3.03. The Balaban J connectivity index is 1.48. The summed E-state index contributed by atoms with van der Waals surface area (Å²) in [6.07, 6.45) is 4.94. The van der Waals surface area contributed by atoms with Gasteiger partial charge < -0.3 is 5.32 Å². The van der Waals surface area contributed by atoms with Crippen LogP contribution >= 0.6 is 0 Å². The summed E-state index contributed by atoms with van der Waals surface area (Å²) in [4.78, 5) is 19.5. The van der Waals surface area contributed by atoms with E-state index in [1.54, 1.807) is 4.52 Å². The van der Waals surface area contributed by atoms with E-state index in [0.717, 1.165) is 49.5 Å². The number of nitrogens with zero attached hydrogens (tertiary/aromatic N) is 4. The number of piperidine rings is 1. The Morgan fingerprint density at radius 1 is 1.19 bits per heavy atom. The Hall–Kier alpha value is -2.73. The van der Waals surface area contributed by atoms with Crippen molar-refractivity contribution in [1.29, 1.82) is 0 Å². The van der Waals surface area contributed by atoms with Crippen molar-refractivity contribution in [2.24, 2.45) is 0 Å². The quantitative estimate of drug-likeness (QED) is 0.786. The molecule has 1 aliphatic heterocycles. The second-order valence-corrected chi connectivity index (χ2v) is 6.84. The predicted molar refractivity (Wildman–Crippen MR) is 101 cm³/mol. The van der Waals surface area contributed by atoms with Gasteiger partial charge in [-0.3, -0.25) is 9.69 Å². The molecule has 1 aromatic carbocycles. The number of fused-ring (bicyclic) bond motifs is 1. The number of likely N-dealkylation sites (tertiary alicyclic amines) is 1. The number of pyridine rings is 1. The molecule has 3 aromatic rings. The van der Waals surface area contributed by atoms with Crippen molar-refractivity contribution in [3.05, 3.63) is 60.0 Å². The maximum atomic E-state index is 12.9. The molecule has 1 unspecified atom stereocenters. The molecule has 0 bridgehead atoms. The van der Waals surface area contributed by atoms with Gasteiger partial charge in [-0.1, -0.05) is 36.8 Å². The summed E-state index contributed by atoms with van der Waals surface area (Å²) in [5.74, 6) is 0.770. The zero-order valence-corrected chi connectivity index (χ0v) is 14.9. The smallest absolute Gasteiger partial charge is 0.241 e. The second kappa shape index (κ2) is 7.25. The van der Waals surface area contributed by atoms with Gasteiger partial charge in [0.2, 0.25) is 5.91 Å². The lowest BCUT2D eigenvalue weighted by Gasteiger charge is -2.34. The van der Waals surface area contributed by atoms with Crippen molar-refractivity contribution in [3.63, 3.8) is 0 Å². The van der Waals surface area contributed by atoms with Crippen molar-refractivity contribution >= 4 is 17.2 Å². The van der Waals surface area contributed by atoms with Crippen molar-refractivity contribution in [1.82, 2.24) is 19.5 Å². The van der Waals surface area contributed by atoms with Crippen LogP contribution in [0.4, 0.5) is 5.69 Å². The molecule has 2 aromatic heterocycles. The minimum atomic E-state index is -0.0999. The molecule has 0 saturated carbocycles. The van der Waals surface area contributed by atoms with E-state index in [9.17, 15) is 4.79 Å². The van der Waals surface area contributed by atoms with E-state index >= 15 is 0 Å².